The maximum absolute atomic E-state index is 11.8. The number of fused-ring (bicyclic) bond motifs is 1. The molecule has 4 nitrogen and oxygen atoms in total. The van der Waals surface area contributed by atoms with Crippen LogP contribution in [0.5, 0.6) is 0 Å². The molecule has 116 valence electrons. The largest absolute Gasteiger partial charge is 0.342 e. The lowest BCUT2D eigenvalue weighted by molar-refractivity contribution is 0.304. The zero-order chi connectivity index (χ0) is 15.8. The highest BCUT2D eigenvalue weighted by atomic mass is 32.2. The van der Waals surface area contributed by atoms with E-state index in [4.69, 9.17) is 0 Å². The Labute approximate surface area is 126 Å². The standard InChI is InChI=1S/C16H24N2O2S/c1-11(10-16(2,3)4)9-14-17-12-7-6-8-13(15(12)18-14)21(5,19)20/h6-8,11H,9-10H2,1-5H3,(H,17,18). The number of hydrogen-bond donors (Lipinski definition) is 1. The maximum atomic E-state index is 11.8. The van der Waals surface area contributed by atoms with Gasteiger partial charge in [-0.2, -0.15) is 0 Å². The molecule has 0 saturated heterocycles. The van der Waals surface area contributed by atoms with Crippen molar-refractivity contribution in [1.82, 2.24) is 9.97 Å². The van der Waals surface area contributed by atoms with E-state index in [0.717, 1.165) is 24.2 Å². The molecule has 0 aliphatic heterocycles. The van der Waals surface area contributed by atoms with Crippen LogP contribution in [0.25, 0.3) is 11.0 Å². The third-order valence-corrected chi connectivity index (χ3v) is 4.56. The second-order valence-electron chi connectivity index (χ2n) is 7.18. The molecule has 0 spiro atoms. The third-order valence-electron chi connectivity index (χ3n) is 3.43. The van der Waals surface area contributed by atoms with Gasteiger partial charge in [-0.15, -0.1) is 0 Å². The summed E-state index contributed by atoms with van der Waals surface area (Å²) in [7, 11) is -3.26. The fourth-order valence-electron chi connectivity index (χ4n) is 2.90. The molecule has 1 aromatic heterocycles. The number of aromatic amines is 1. The van der Waals surface area contributed by atoms with E-state index in [2.05, 4.69) is 37.7 Å². The van der Waals surface area contributed by atoms with Gasteiger partial charge in [0.05, 0.1) is 10.4 Å². The van der Waals surface area contributed by atoms with Gasteiger partial charge in [-0.3, -0.25) is 0 Å². The van der Waals surface area contributed by atoms with Gasteiger partial charge in [0.2, 0.25) is 0 Å². The van der Waals surface area contributed by atoms with Crippen molar-refractivity contribution < 1.29 is 8.42 Å². The molecule has 0 radical (unpaired) electrons. The second kappa shape index (κ2) is 5.44. The van der Waals surface area contributed by atoms with Crippen molar-refractivity contribution in [3.63, 3.8) is 0 Å². The molecule has 1 unspecified atom stereocenters. The molecule has 0 aliphatic carbocycles. The van der Waals surface area contributed by atoms with E-state index in [-0.39, 0.29) is 5.41 Å². The molecule has 21 heavy (non-hydrogen) atoms. The van der Waals surface area contributed by atoms with Crippen LogP contribution in [0.15, 0.2) is 23.1 Å². The smallest absolute Gasteiger partial charge is 0.177 e. The van der Waals surface area contributed by atoms with Gasteiger partial charge in [-0.05, 0) is 29.9 Å². The summed E-state index contributed by atoms with van der Waals surface area (Å²) in [6.45, 7) is 8.88. The molecule has 2 rings (SSSR count). The lowest BCUT2D eigenvalue weighted by Crippen LogP contribution is -2.13. The summed E-state index contributed by atoms with van der Waals surface area (Å²) < 4.78 is 23.6. The summed E-state index contributed by atoms with van der Waals surface area (Å²) in [5.74, 6) is 1.35. The molecule has 1 atom stereocenters. The van der Waals surface area contributed by atoms with E-state index < -0.39 is 9.84 Å². The van der Waals surface area contributed by atoms with E-state index in [0.29, 0.717) is 16.3 Å². The third kappa shape index (κ3) is 4.06. The topological polar surface area (TPSA) is 62.8 Å². The van der Waals surface area contributed by atoms with E-state index in [1.165, 1.54) is 6.26 Å². The highest BCUT2D eigenvalue weighted by molar-refractivity contribution is 7.91. The number of nitrogens with zero attached hydrogens (tertiary/aromatic N) is 1. The minimum Gasteiger partial charge on any atom is -0.342 e. The van der Waals surface area contributed by atoms with Gasteiger partial charge < -0.3 is 4.98 Å². The summed E-state index contributed by atoms with van der Waals surface area (Å²) in [4.78, 5) is 8.06. The van der Waals surface area contributed by atoms with Gasteiger partial charge in [-0.1, -0.05) is 33.8 Å². The molecule has 1 heterocycles. The van der Waals surface area contributed by atoms with E-state index in [1.807, 2.05) is 6.07 Å². The molecule has 0 aliphatic rings. The summed E-state index contributed by atoms with van der Waals surface area (Å²) in [6, 6.07) is 5.23. The van der Waals surface area contributed by atoms with Crippen molar-refractivity contribution in [2.45, 2.75) is 45.4 Å². The average Bonchev–Trinajstić information content (AvgIpc) is 2.65. The Morgan fingerprint density at radius 3 is 2.52 bits per heavy atom. The molecular weight excluding hydrogens is 284 g/mol. The Balaban J connectivity index is 2.32. The first-order valence-corrected chi connectivity index (χ1v) is 9.13. The van der Waals surface area contributed by atoms with Crippen molar-refractivity contribution >= 4 is 20.9 Å². The monoisotopic (exact) mass is 308 g/mol. The molecule has 0 bridgehead atoms. The van der Waals surface area contributed by atoms with Gasteiger partial charge >= 0.3 is 0 Å². The van der Waals surface area contributed by atoms with Crippen molar-refractivity contribution in [2.75, 3.05) is 6.26 Å². The Bertz CT molecular complexity index is 739. The predicted molar refractivity (Wildman–Crippen MR) is 86.1 cm³/mol. The highest BCUT2D eigenvalue weighted by Crippen LogP contribution is 2.27. The Morgan fingerprint density at radius 1 is 1.29 bits per heavy atom. The van der Waals surface area contributed by atoms with Crippen LogP contribution in [0.3, 0.4) is 0 Å². The van der Waals surface area contributed by atoms with Crippen molar-refractivity contribution in [3.8, 4) is 0 Å². The van der Waals surface area contributed by atoms with Gasteiger partial charge in [-0.25, -0.2) is 13.4 Å². The average molecular weight is 308 g/mol. The summed E-state index contributed by atoms with van der Waals surface area (Å²) in [6.07, 6.45) is 3.15. The number of sulfone groups is 1. The lowest BCUT2D eigenvalue weighted by atomic mass is 9.84. The fraction of sp³-hybridized carbons (Fsp3) is 0.562. The van der Waals surface area contributed by atoms with Crippen LogP contribution in [0, 0.1) is 11.3 Å². The zero-order valence-corrected chi connectivity index (χ0v) is 14.2. The number of H-pyrrole nitrogens is 1. The lowest BCUT2D eigenvalue weighted by Gasteiger charge is -2.22. The number of rotatable bonds is 4. The summed E-state index contributed by atoms with van der Waals surface area (Å²) in [5, 5.41) is 0. The first-order valence-electron chi connectivity index (χ1n) is 7.24. The first kappa shape index (κ1) is 16.0. The first-order chi connectivity index (χ1) is 9.56. The van der Waals surface area contributed by atoms with E-state index >= 15 is 0 Å². The van der Waals surface area contributed by atoms with Crippen LogP contribution in [0.2, 0.25) is 0 Å². The number of imidazole rings is 1. The molecule has 5 heteroatoms. The van der Waals surface area contributed by atoms with Crippen LogP contribution in [-0.4, -0.2) is 24.6 Å². The quantitative estimate of drug-likeness (QED) is 0.939. The number of aromatic nitrogens is 2. The Morgan fingerprint density at radius 2 is 1.95 bits per heavy atom. The maximum Gasteiger partial charge on any atom is 0.177 e. The van der Waals surface area contributed by atoms with Gasteiger partial charge in [0.25, 0.3) is 0 Å². The number of benzene rings is 1. The van der Waals surface area contributed by atoms with Gasteiger partial charge in [0.15, 0.2) is 9.84 Å². The summed E-state index contributed by atoms with van der Waals surface area (Å²) >= 11 is 0. The summed E-state index contributed by atoms with van der Waals surface area (Å²) in [5.41, 5.74) is 1.62. The molecule has 0 fully saturated rings. The highest BCUT2D eigenvalue weighted by Gasteiger charge is 2.19. The van der Waals surface area contributed by atoms with Gasteiger partial charge in [0.1, 0.15) is 11.3 Å². The van der Waals surface area contributed by atoms with Gasteiger partial charge in [0, 0.05) is 12.7 Å². The number of nitrogens with one attached hydrogen (secondary N) is 1. The molecule has 2 aromatic rings. The van der Waals surface area contributed by atoms with E-state index in [1.54, 1.807) is 12.1 Å². The second-order valence-corrected chi connectivity index (χ2v) is 9.17. The number of para-hydroxylation sites is 1. The fourth-order valence-corrected chi connectivity index (χ4v) is 3.73. The molecule has 1 aromatic carbocycles. The minimum atomic E-state index is -3.26. The molecule has 0 saturated carbocycles. The van der Waals surface area contributed by atoms with Crippen LogP contribution in [-0.2, 0) is 16.3 Å². The SMILES string of the molecule is CC(Cc1nc2c(S(C)(=O)=O)cccc2[nH]1)CC(C)(C)C. The van der Waals surface area contributed by atoms with Crippen LogP contribution in [0.1, 0.15) is 39.9 Å². The Hall–Kier alpha value is -1.36. The van der Waals surface area contributed by atoms with Crippen LogP contribution >= 0.6 is 0 Å². The predicted octanol–water partition coefficient (Wildman–Crippen LogP) is 3.58. The normalized spacial score (nSPS) is 14.5. The van der Waals surface area contributed by atoms with Crippen LogP contribution < -0.4 is 0 Å². The molecule has 1 N–H and O–H groups in total. The Kier molecular flexibility index (Phi) is 4.15. The van der Waals surface area contributed by atoms with Crippen LogP contribution in [0.4, 0.5) is 0 Å². The minimum absolute atomic E-state index is 0.281. The van der Waals surface area contributed by atoms with Crippen molar-refractivity contribution in [1.29, 1.82) is 0 Å². The van der Waals surface area contributed by atoms with E-state index in [9.17, 15) is 8.42 Å². The molecule has 0 amide bonds. The number of hydrogen-bond acceptors (Lipinski definition) is 3. The van der Waals surface area contributed by atoms with Crippen molar-refractivity contribution in [3.05, 3.63) is 24.0 Å². The zero-order valence-electron chi connectivity index (χ0n) is 13.4. The molecular formula is C16H24N2O2S. The van der Waals surface area contributed by atoms with Crippen molar-refractivity contribution in [2.24, 2.45) is 11.3 Å².